The van der Waals surface area contributed by atoms with Crippen molar-refractivity contribution in [1.29, 1.82) is 0 Å². The predicted octanol–water partition coefficient (Wildman–Crippen LogP) is 3.46. The summed E-state index contributed by atoms with van der Waals surface area (Å²) in [6.45, 7) is 2.84. The van der Waals surface area contributed by atoms with E-state index in [1.165, 1.54) is 4.73 Å². The molecule has 1 aliphatic rings. The number of hydrogen-bond donors (Lipinski definition) is 2. The van der Waals surface area contributed by atoms with Crippen LogP contribution in [0, 0.1) is 5.92 Å². The van der Waals surface area contributed by atoms with Crippen molar-refractivity contribution >= 4 is 16.9 Å². The van der Waals surface area contributed by atoms with Gasteiger partial charge in [0.1, 0.15) is 0 Å². The van der Waals surface area contributed by atoms with Gasteiger partial charge in [0.05, 0.1) is 30.4 Å². The molecule has 4 aromatic rings. The van der Waals surface area contributed by atoms with Crippen LogP contribution in [0.15, 0.2) is 85.2 Å². The molecule has 5 rings (SSSR count). The van der Waals surface area contributed by atoms with Gasteiger partial charge in [0.25, 0.3) is 0 Å². The monoisotopic (exact) mass is 531 g/mol. The van der Waals surface area contributed by atoms with Crippen LogP contribution in [0.4, 0.5) is 0 Å². The largest absolute Gasteiger partial charge is 0.477 e. The summed E-state index contributed by atoms with van der Waals surface area (Å²) in [4.78, 5) is 24.4. The van der Waals surface area contributed by atoms with Crippen LogP contribution in [0.5, 0.6) is 5.88 Å². The average Bonchev–Trinajstić information content (AvgIpc) is 3.39. The van der Waals surface area contributed by atoms with Gasteiger partial charge in [-0.2, -0.15) is 4.73 Å². The predicted molar refractivity (Wildman–Crippen MR) is 145 cm³/mol. The van der Waals surface area contributed by atoms with Gasteiger partial charge in [-0.25, -0.2) is 9.78 Å². The number of benzene rings is 2. The summed E-state index contributed by atoms with van der Waals surface area (Å²) in [5.74, 6) is 0.591. The number of piperidine rings is 1. The van der Waals surface area contributed by atoms with Gasteiger partial charge in [0.15, 0.2) is 6.29 Å². The number of fused-ring (bicyclic) bond motifs is 1. The van der Waals surface area contributed by atoms with Crippen molar-refractivity contribution < 1.29 is 29.3 Å². The Balaban J connectivity index is 1.02. The molecular weight excluding hydrogens is 498 g/mol. The molecule has 1 aliphatic heterocycles. The SMILES string of the molecule is O=C(On1ccc2ccccc21)c1ccc(C(O)OCC(O)CN2CCC(COc3ccccn3)CC2)cc1. The summed E-state index contributed by atoms with van der Waals surface area (Å²) in [5.41, 5.74) is 1.63. The minimum Gasteiger partial charge on any atom is -0.477 e. The van der Waals surface area contributed by atoms with E-state index in [9.17, 15) is 15.0 Å². The highest BCUT2D eigenvalue weighted by atomic mass is 16.7. The second-order valence-corrected chi connectivity index (χ2v) is 9.76. The van der Waals surface area contributed by atoms with Crippen LogP contribution >= 0.6 is 0 Å². The van der Waals surface area contributed by atoms with Gasteiger partial charge in [0, 0.05) is 36.0 Å². The molecule has 204 valence electrons. The molecule has 9 heteroatoms. The highest BCUT2D eigenvalue weighted by Crippen LogP contribution is 2.20. The van der Waals surface area contributed by atoms with Crippen LogP contribution in [-0.2, 0) is 4.74 Å². The van der Waals surface area contributed by atoms with E-state index in [1.54, 1.807) is 36.7 Å². The topological polar surface area (TPSA) is 106 Å². The van der Waals surface area contributed by atoms with Crippen molar-refractivity contribution in [2.45, 2.75) is 25.2 Å². The molecule has 0 aliphatic carbocycles. The number of carbonyl (C=O) groups excluding carboxylic acids is 1. The lowest BCUT2D eigenvalue weighted by Gasteiger charge is -2.33. The fourth-order valence-electron chi connectivity index (χ4n) is 4.68. The smallest absolute Gasteiger partial charge is 0.363 e. The number of pyridine rings is 1. The molecule has 0 radical (unpaired) electrons. The Kier molecular flexibility index (Phi) is 8.85. The molecule has 2 atom stereocenters. The number of rotatable bonds is 11. The molecule has 0 spiro atoms. The summed E-state index contributed by atoms with van der Waals surface area (Å²) in [7, 11) is 0. The maximum absolute atomic E-state index is 12.6. The Labute approximate surface area is 227 Å². The van der Waals surface area contributed by atoms with Gasteiger partial charge in [0.2, 0.25) is 5.88 Å². The number of hydrogen-bond acceptors (Lipinski definition) is 8. The van der Waals surface area contributed by atoms with Gasteiger partial charge in [-0.3, -0.25) is 0 Å². The molecule has 39 heavy (non-hydrogen) atoms. The van der Waals surface area contributed by atoms with Crippen molar-refractivity contribution in [2.75, 3.05) is 32.8 Å². The third-order valence-corrected chi connectivity index (χ3v) is 6.90. The summed E-state index contributed by atoms with van der Waals surface area (Å²) >= 11 is 0. The second kappa shape index (κ2) is 12.9. The molecule has 9 nitrogen and oxygen atoms in total. The fourth-order valence-corrected chi connectivity index (χ4v) is 4.68. The van der Waals surface area contributed by atoms with Crippen LogP contribution in [0.1, 0.15) is 35.1 Å². The normalized spacial score (nSPS) is 16.2. The van der Waals surface area contributed by atoms with Crippen LogP contribution in [0.3, 0.4) is 0 Å². The Morgan fingerprint density at radius 3 is 2.51 bits per heavy atom. The average molecular weight is 532 g/mol. The van der Waals surface area contributed by atoms with Crippen molar-refractivity contribution in [1.82, 2.24) is 14.6 Å². The summed E-state index contributed by atoms with van der Waals surface area (Å²) in [6.07, 6.45) is 3.44. The molecule has 2 unspecified atom stereocenters. The maximum Gasteiger partial charge on any atom is 0.363 e. The summed E-state index contributed by atoms with van der Waals surface area (Å²) in [5, 5.41) is 21.9. The van der Waals surface area contributed by atoms with Gasteiger partial charge in [-0.1, -0.05) is 36.4 Å². The third kappa shape index (κ3) is 7.21. The van der Waals surface area contributed by atoms with Crippen LogP contribution < -0.4 is 9.57 Å². The third-order valence-electron chi connectivity index (χ3n) is 6.90. The number of para-hydroxylation sites is 1. The first-order valence-corrected chi connectivity index (χ1v) is 13.2. The molecule has 3 heterocycles. The lowest BCUT2D eigenvalue weighted by molar-refractivity contribution is -0.128. The molecule has 2 N–H and O–H groups in total. The molecule has 1 fully saturated rings. The molecular formula is C30H33N3O6. The number of aliphatic hydroxyl groups is 2. The molecule has 0 bridgehead atoms. The Hall–Kier alpha value is -3.76. The van der Waals surface area contributed by atoms with Crippen molar-refractivity contribution in [2.24, 2.45) is 5.92 Å². The number of carbonyl (C=O) groups is 1. The number of nitrogens with zero attached hydrogens (tertiary/aromatic N) is 3. The van der Waals surface area contributed by atoms with E-state index in [-0.39, 0.29) is 6.61 Å². The zero-order valence-corrected chi connectivity index (χ0v) is 21.6. The van der Waals surface area contributed by atoms with Crippen LogP contribution in [0.25, 0.3) is 10.9 Å². The van der Waals surface area contributed by atoms with Crippen molar-refractivity contribution in [3.05, 3.63) is 96.3 Å². The second-order valence-electron chi connectivity index (χ2n) is 9.76. The van der Waals surface area contributed by atoms with E-state index < -0.39 is 18.4 Å². The lowest BCUT2D eigenvalue weighted by atomic mass is 9.97. The van der Waals surface area contributed by atoms with Crippen molar-refractivity contribution in [3.63, 3.8) is 0 Å². The lowest BCUT2D eigenvalue weighted by Crippen LogP contribution is -2.41. The minimum atomic E-state index is -1.22. The number of aliphatic hydroxyl groups excluding tert-OH is 2. The highest BCUT2D eigenvalue weighted by Gasteiger charge is 2.22. The van der Waals surface area contributed by atoms with Gasteiger partial charge >= 0.3 is 5.97 Å². The molecule has 0 amide bonds. The van der Waals surface area contributed by atoms with E-state index in [4.69, 9.17) is 14.3 Å². The van der Waals surface area contributed by atoms with E-state index in [1.807, 2.05) is 48.5 Å². The van der Waals surface area contributed by atoms with E-state index in [0.29, 0.717) is 36.1 Å². The Morgan fingerprint density at radius 1 is 0.974 bits per heavy atom. The molecule has 0 saturated carbocycles. The first-order chi connectivity index (χ1) is 19.0. The zero-order valence-electron chi connectivity index (χ0n) is 21.6. The molecule has 2 aromatic heterocycles. The number of β-amino-alcohol motifs (C(OH)–C–C–N with tert-alkyl or cyclic N) is 1. The quantitative estimate of drug-likeness (QED) is 0.284. The maximum atomic E-state index is 12.6. The fraction of sp³-hybridized carbons (Fsp3) is 0.333. The van der Waals surface area contributed by atoms with E-state index >= 15 is 0 Å². The van der Waals surface area contributed by atoms with E-state index in [2.05, 4.69) is 9.88 Å². The number of likely N-dealkylation sites (tertiary alicyclic amines) is 1. The zero-order chi connectivity index (χ0) is 27.0. The van der Waals surface area contributed by atoms with Gasteiger partial charge in [-0.15, -0.1) is 0 Å². The highest BCUT2D eigenvalue weighted by molar-refractivity contribution is 5.90. The Morgan fingerprint density at radius 2 is 1.74 bits per heavy atom. The van der Waals surface area contributed by atoms with E-state index in [0.717, 1.165) is 36.8 Å². The molecule has 1 saturated heterocycles. The van der Waals surface area contributed by atoms with Crippen molar-refractivity contribution in [3.8, 4) is 5.88 Å². The summed E-state index contributed by atoms with van der Waals surface area (Å²) < 4.78 is 12.7. The Bertz CT molecular complexity index is 1340. The first kappa shape index (κ1) is 26.8. The van der Waals surface area contributed by atoms with Gasteiger partial charge < -0.3 is 29.4 Å². The first-order valence-electron chi connectivity index (χ1n) is 13.2. The standard InChI is InChI=1S/C30H33N3O6/c34-26(19-32-16-12-22(13-17-32)20-37-28-7-3-4-15-31-28)21-38-29(35)24-8-10-25(11-9-24)30(36)39-33-18-14-23-5-1-2-6-27(23)33/h1-11,14-15,18,22,26,29,34-35H,12-13,16-17,19-21H2. The van der Waals surface area contributed by atoms with Crippen LogP contribution in [-0.4, -0.2) is 69.7 Å². The van der Waals surface area contributed by atoms with Gasteiger partial charge in [-0.05, 0) is 62.2 Å². The number of ether oxygens (including phenoxy) is 2. The minimum absolute atomic E-state index is 0.00558. The number of aromatic nitrogens is 2. The molecule has 2 aromatic carbocycles. The summed E-state index contributed by atoms with van der Waals surface area (Å²) in [6, 6.07) is 21.5. The van der Waals surface area contributed by atoms with Crippen LogP contribution in [0.2, 0.25) is 0 Å².